The fourth-order valence-corrected chi connectivity index (χ4v) is 7.90. The van der Waals surface area contributed by atoms with Gasteiger partial charge in [-0.1, -0.05) is 193 Å². The van der Waals surface area contributed by atoms with E-state index in [-0.39, 0.29) is 0 Å². The third-order valence-corrected chi connectivity index (χ3v) is 12.5. The number of hydrogen-bond acceptors (Lipinski definition) is 4. The van der Waals surface area contributed by atoms with Crippen molar-refractivity contribution in [1.29, 1.82) is 0 Å². The van der Waals surface area contributed by atoms with Crippen LogP contribution in [-0.2, 0) is 28.2 Å². The Labute approximate surface area is 516 Å². The second-order valence-corrected chi connectivity index (χ2v) is 19.1. The van der Waals surface area contributed by atoms with Gasteiger partial charge in [0, 0.05) is 72.7 Å². The molecule has 0 spiro atoms. The molecule has 0 saturated heterocycles. The molecule has 12 rings (SSSR count). The molecule has 0 radical (unpaired) electrons. The molecule has 0 unspecified atom stereocenters. The van der Waals surface area contributed by atoms with E-state index in [1.165, 1.54) is 0 Å². The number of aromatic nitrogens is 8. The molecule has 0 bridgehead atoms. The lowest BCUT2D eigenvalue weighted by Crippen LogP contribution is -1.91. The van der Waals surface area contributed by atoms with Crippen LogP contribution in [0.4, 0.5) is 0 Å². The molecule has 8 aromatic carbocycles. The van der Waals surface area contributed by atoms with E-state index in [0.29, 0.717) is 22.8 Å². The van der Waals surface area contributed by atoms with Crippen molar-refractivity contribution in [3.8, 4) is 94.7 Å². The van der Waals surface area contributed by atoms with Crippen LogP contribution in [0.15, 0.2) is 268 Å². The largest absolute Gasteiger partial charge is 0.326 e. The second kappa shape index (κ2) is 32.1. The predicted octanol–water partition coefficient (Wildman–Crippen LogP) is 12.9. The minimum atomic E-state index is 0.704. The van der Waals surface area contributed by atoms with Crippen LogP contribution in [0.3, 0.4) is 0 Å². The molecular formula is C80H56N8. The Bertz CT molecular complexity index is 4150. The van der Waals surface area contributed by atoms with Crippen molar-refractivity contribution in [2.75, 3.05) is 0 Å². The summed E-state index contributed by atoms with van der Waals surface area (Å²) in [7, 11) is 7.71. The van der Waals surface area contributed by atoms with Gasteiger partial charge in [-0.15, -0.1) is 0 Å². The van der Waals surface area contributed by atoms with Gasteiger partial charge in [-0.3, -0.25) is 0 Å². The summed E-state index contributed by atoms with van der Waals surface area (Å²) in [5.41, 5.74) is 13.9. The van der Waals surface area contributed by atoms with E-state index in [2.05, 4.69) is 115 Å². The zero-order chi connectivity index (χ0) is 60.8. The third kappa shape index (κ3) is 18.5. The second-order valence-electron chi connectivity index (χ2n) is 19.1. The van der Waals surface area contributed by atoms with E-state index >= 15 is 0 Å². The minimum Gasteiger partial charge on any atom is -0.326 e. The highest BCUT2D eigenvalue weighted by Gasteiger charge is 2.07. The number of rotatable bonds is 0. The van der Waals surface area contributed by atoms with Crippen molar-refractivity contribution in [2.45, 2.75) is 0 Å². The lowest BCUT2D eigenvalue weighted by Gasteiger charge is -1.93. The summed E-state index contributed by atoms with van der Waals surface area (Å²) in [5, 5.41) is 0. The first kappa shape index (κ1) is 59.7. The number of imidazole rings is 4. The van der Waals surface area contributed by atoms with Gasteiger partial charge in [0.15, 0.2) is 0 Å². The zero-order valence-corrected chi connectivity index (χ0v) is 49.0. The molecule has 0 amide bonds. The fourth-order valence-electron chi connectivity index (χ4n) is 7.90. The van der Waals surface area contributed by atoms with Gasteiger partial charge in [0.05, 0.1) is 25.3 Å². The molecule has 12 aromatic rings. The summed E-state index contributed by atoms with van der Waals surface area (Å²) in [5.74, 6) is 50.1. The Morgan fingerprint density at radius 3 is 0.466 bits per heavy atom. The number of aryl methyl sites for hydroxylation is 4. The van der Waals surface area contributed by atoms with Gasteiger partial charge in [-0.2, -0.15) is 0 Å². The van der Waals surface area contributed by atoms with Crippen LogP contribution in [0.5, 0.6) is 0 Å². The molecule has 0 N–H and O–H groups in total. The Hall–Kier alpha value is -12.9. The highest BCUT2D eigenvalue weighted by atomic mass is 15.0. The SMILES string of the molecule is Cn1cnc(C#Cc2ccccc2)c1C#Cc1ccccc1.Cn1cnc(C#Cc2ccccc2)c1C#Cc1ccccc1.Cn1cnc(C#Cc2ccccc2)c1C#Cc1ccccc1.Cn1cnc(C#Cc2ccccc2)c1C#Cc1ccccc1. The van der Waals surface area contributed by atoms with Crippen LogP contribution in [0.1, 0.15) is 90.1 Å². The molecule has 0 saturated carbocycles. The van der Waals surface area contributed by atoms with E-state index in [9.17, 15) is 0 Å². The van der Waals surface area contributed by atoms with Gasteiger partial charge in [-0.05, 0) is 144 Å². The lowest BCUT2D eigenvalue weighted by molar-refractivity contribution is 0.899. The van der Waals surface area contributed by atoms with Crippen molar-refractivity contribution in [3.63, 3.8) is 0 Å². The fraction of sp³-hybridized carbons (Fsp3) is 0.0500. The number of benzene rings is 8. The van der Waals surface area contributed by atoms with Gasteiger partial charge in [0.25, 0.3) is 0 Å². The standard InChI is InChI=1S/4C20H14N2/c4*1-22-16-21-19(14-12-17-8-4-2-5-9-17)20(22)15-13-18-10-6-3-7-11-18/h4*2-11,16H,1H3. The van der Waals surface area contributed by atoms with Crippen LogP contribution >= 0.6 is 0 Å². The summed E-state index contributed by atoms with van der Waals surface area (Å²) in [6, 6.07) is 79.1. The van der Waals surface area contributed by atoms with E-state index in [0.717, 1.165) is 67.3 Å². The van der Waals surface area contributed by atoms with E-state index < -0.39 is 0 Å². The van der Waals surface area contributed by atoms with Gasteiger partial charge in [-0.25, -0.2) is 19.9 Å². The maximum absolute atomic E-state index is 4.33. The summed E-state index contributed by atoms with van der Waals surface area (Å²) >= 11 is 0. The van der Waals surface area contributed by atoms with Gasteiger partial charge >= 0.3 is 0 Å². The molecule has 0 aliphatic heterocycles. The molecule has 0 fully saturated rings. The average Bonchev–Trinajstić information content (AvgIpc) is 4.56. The monoisotopic (exact) mass is 1130 g/mol. The van der Waals surface area contributed by atoms with Crippen molar-refractivity contribution < 1.29 is 0 Å². The third-order valence-electron chi connectivity index (χ3n) is 12.5. The molecule has 8 nitrogen and oxygen atoms in total. The molecule has 4 heterocycles. The Morgan fingerprint density at radius 1 is 0.182 bits per heavy atom. The first-order chi connectivity index (χ1) is 43.3. The lowest BCUT2D eigenvalue weighted by atomic mass is 10.2. The number of nitrogens with zero attached hydrogens (tertiary/aromatic N) is 8. The highest BCUT2D eigenvalue weighted by Crippen LogP contribution is 2.10. The van der Waals surface area contributed by atoms with Crippen molar-refractivity contribution in [3.05, 3.63) is 358 Å². The molecule has 4 aromatic heterocycles. The maximum atomic E-state index is 4.33. The summed E-state index contributed by atoms with van der Waals surface area (Å²) in [6.45, 7) is 0. The molecule has 0 aliphatic rings. The van der Waals surface area contributed by atoms with E-state index in [4.69, 9.17) is 0 Å². The molecule has 88 heavy (non-hydrogen) atoms. The minimum absolute atomic E-state index is 0.704. The highest BCUT2D eigenvalue weighted by molar-refractivity contribution is 5.53. The summed E-state index contributed by atoms with van der Waals surface area (Å²) in [4.78, 5) is 17.3. The van der Waals surface area contributed by atoms with Gasteiger partial charge in [0.2, 0.25) is 0 Å². The average molecular weight is 1130 g/mol. The van der Waals surface area contributed by atoms with Crippen molar-refractivity contribution in [2.24, 2.45) is 28.2 Å². The Kier molecular flexibility index (Phi) is 21.8. The zero-order valence-electron chi connectivity index (χ0n) is 49.0. The van der Waals surface area contributed by atoms with E-state index in [1.54, 1.807) is 25.3 Å². The van der Waals surface area contributed by atoms with Gasteiger partial charge in [0.1, 0.15) is 45.6 Å². The molecule has 416 valence electrons. The Balaban J connectivity index is 0.000000140. The molecule has 0 atom stereocenters. The summed E-state index contributed by atoms with van der Waals surface area (Å²) < 4.78 is 7.58. The van der Waals surface area contributed by atoms with E-state index in [1.807, 2.05) is 289 Å². The maximum Gasteiger partial charge on any atom is 0.147 e. The molecule has 8 heteroatoms. The topological polar surface area (TPSA) is 71.3 Å². The molecule has 0 aliphatic carbocycles. The Morgan fingerprint density at radius 2 is 0.318 bits per heavy atom. The van der Waals surface area contributed by atoms with Crippen LogP contribution < -0.4 is 0 Å². The number of hydrogen-bond donors (Lipinski definition) is 0. The van der Waals surface area contributed by atoms with Gasteiger partial charge < -0.3 is 18.3 Å². The van der Waals surface area contributed by atoms with Crippen molar-refractivity contribution >= 4 is 0 Å². The van der Waals surface area contributed by atoms with Crippen molar-refractivity contribution in [1.82, 2.24) is 38.2 Å². The first-order valence-electron chi connectivity index (χ1n) is 27.9. The van der Waals surface area contributed by atoms with Crippen LogP contribution in [0.2, 0.25) is 0 Å². The summed E-state index contributed by atoms with van der Waals surface area (Å²) in [6.07, 6.45) is 6.96. The first-order valence-corrected chi connectivity index (χ1v) is 27.9. The quantitative estimate of drug-likeness (QED) is 0.142. The van der Waals surface area contributed by atoms with Crippen LogP contribution in [0.25, 0.3) is 0 Å². The van der Waals surface area contributed by atoms with Crippen LogP contribution in [0, 0.1) is 94.7 Å². The molecular weight excluding hydrogens is 1070 g/mol. The normalized spacial score (nSPS) is 9.32. The smallest absolute Gasteiger partial charge is 0.147 e. The predicted molar refractivity (Wildman–Crippen MR) is 352 cm³/mol. The van der Waals surface area contributed by atoms with Crippen LogP contribution in [-0.4, -0.2) is 38.2 Å².